The third kappa shape index (κ3) is 3.63. The van der Waals surface area contributed by atoms with Crippen molar-refractivity contribution in [2.24, 2.45) is 5.92 Å². The van der Waals surface area contributed by atoms with Gasteiger partial charge in [-0.3, -0.25) is 0 Å². The first-order chi connectivity index (χ1) is 16.6. The lowest BCUT2D eigenvalue weighted by molar-refractivity contribution is 0.305. The third-order valence-electron chi connectivity index (χ3n) is 5.80. The molecule has 2 aliphatic rings. The van der Waals surface area contributed by atoms with E-state index in [1.807, 2.05) is 12.1 Å². The van der Waals surface area contributed by atoms with Gasteiger partial charge < -0.3 is 4.74 Å². The SMILES string of the molecule is Fc1ccc(-n2ncnc2C2=CC3CCOc4ccc(-c5ccc(F)nc5)nc4C3S2)c(F)c1. The first-order valence-corrected chi connectivity index (χ1v) is 11.4. The Labute approximate surface area is 196 Å². The van der Waals surface area contributed by atoms with Gasteiger partial charge in [-0.05, 0) is 48.7 Å². The zero-order valence-corrected chi connectivity index (χ0v) is 18.3. The van der Waals surface area contributed by atoms with Crippen LogP contribution in [0, 0.1) is 23.5 Å². The molecule has 1 aromatic carbocycles. The van der Waals surface area contributed by atoms with Crippen molar-refractivity contribution in [1.29, 1.82) is 0 Å². The van der Waals surface area contributed by atoms with Gasteiger partial charge in [0.05, 0.1) is 23.2 Å². The van der Waals surface area contributed by atoms with Gasteiger partial charge in [0, 0.05) is 22.7 Å². The number of halogens is 3. The molecule has 3 aromatic heterocycles. The van der Waals surface area contributed by atoms with Crippen LogP contribution >= 0.6 is 11.8 Å². The van der Waals surface area contributed by atoms with E-state index in [9.17, 15) is 13.2 Å². The summed E-state index contributed by atoms with van der Waals surface area (Å²) < 4.78 is 48.4. The van der Waals surface area contributed by atoms with Gasteiger partial charge in [-0.25, -0.2) is 28.4 Å². The normalized spacial score (nSPS) is 19.1. The summed E-state index contributed by atoms with van der Waals surface area (Å²) in [5, 5.41) is 4.12. The average Bonchev–Trinajstić information content (AvgIpc) is 3.44. The van der Waals surface area contributed by atoms with Crippen LogP contribution in [0.3, 0.4) is 0 Å². The minimum Gasteiger partial charge on any atom is -0.492 e. The second-order valence-corrected chi connectivity index (χ2v) is 9.09. The summed E-state index contributed by atoms with van der Waals surface area (Å²) in [5.41, 5.74) is 2.27. The highest BCUT2D eigenvalue weighted by Gasteiger charge is 2.37. The fraction of sp³-hybridized carbons (Fsp3) is 0.167. The number of allylic oxidation sites excluding steroid dienone is 1. The van der Waals surface area contributed by atoms with E-state index in [1.165, 1.54) is 35.4 Å². The zero-order chi connectivity index (χ0) is 23.2. The van der Waals surface area contributed by atoms with E-state index < -0.39 is 17.6 Å². The van der Waals surface area contributed by atoms with Crippen molar-refractivity contribution in [3.05, 3.63) is 90.2 Å². The lowest BCUT2D eigenvalue weighted by atomic mass is 9.98. The molecule has 0 radical (unpaired) electrons. The summed E-state index contributed by atoms with van der Waals surface area (Å²) >= 11 is 1.56. The maximum absolute atomic E-state index is 14.4. The van der Waals surface area contributed by atoms with E-state index in [-0.39, 0.29) is 16.9 Å². The maximum Gasteiger partial charge on any atom is 0.212 e. The molecule has 0 saturated carbocycles. The largest absolute Gasteiger partial charge is 0.492 e. The minimum atomic E-state index is -0.720. The van der Waals surface area contributed by atoms with Crippen molar-refractivity contribution in [3.8, 4) is 22.7 Å². The van der Waals surface area contributed by atoms with Crippen molar-refractivity contribution in [2.45, 2.75) is 11.7 Å². The fourth-order valence-electron chi connectivity index (χ4n) is 4.19. The second-order valence-electron chi connectivity index (χ2n) is 7.91. The summed E-state index contributed by atoms with van der Waals surface area (Å²) in [6, 6.07) is 9.99. The molecular weight excluding hydrogens is 463 g/mol. The highest BCUT2D eigenvalue weighted by atomic mass is 32.2. The van der Waals surface area contributed by atoms with Crippen LogP contribution in [-0.4, -0.2) is 31.3 Å². The molecule has 2 atom stereocenters. The Morgan fingerprint density at radius 3 is 2.76 bits per heavy atom. The fourth-order valence-corrected chi connectivity index (χ4v) is 5.63. The lowest BCUT2D eigenvalue weighted by Crippen LogP contribution is -2.05. The molecule has 0 saturated heterocycles. The molecule has 4 aromatic rings. The van der Waals surface area contributed by atoms with Gasteiger partial charge in [0.25, 0.3) is 0 Å². The topological polar surface area (TPSA) is 65.7 Å². The van der Waals surface area contributed by atoms with Crippen LogP contribution in [0.1, 0.15) is 23.2 Å². The second kappa shape index (κ2) is 8.28. The monoisotopic (exact) mass is 479 g/mol. The van der Waals surface area contributed by atoms with Crippen LogP contribution in [-0.2, 0) is 0 Å². The van der Waals surface area contributed by atoms with E-state index >= 15 is 0 Å². The number of ether oxygens (including phenoxy) is 1. The van der Waals surface area contributed by atoms with Crippen LogP contribution in [0.15, 0.2) is 61.1 Å². The summed E-state index contributed by atoms with van der Waals surface area (Å²) in [6.45, 7) is 0.525. The highest BCUT2D eigenvalue weighted by molar-refractivity contribution is 8.08. The average molecular weight is 479 g/mol. The predicted octanol–water partition coefficient (Wildman–Crippen LogP) is 5.37. The molecule has 2 aliphatic heterocycles. The Morgan fingerprint density at radius 2 is 1.94 bits per heavy atom. The van der Waals surface area contributed by atoms with Crippen LogP contribution in [0.5, 0.6) is 5.75 Å². The van der Waals surface area contributed by atoms with Gasteiger partial charge in [0.15, 0.2) is 11.6 Å². The Hall–Kier alpha value is -3.66. The summed E-state index contributed by atoms with van der Waals surface area (Å²) in [6.07, 6.45) is 5.65. The molecule has 0 bridgehead atoms. The number of hydrogen-bond acceptors (Lipinski definition) is 6. The summed E-state index contributed by atoms with van der Waals surface area (Å²) in [4.78, 5) is 13.8. The lowest BCUT2D eigenvalue weighted by Gasteiger charge is -2.16. The predicted molar refractivity (Wildman–Crippen MR) is 121 cm³/mol. The maximum atomic E-state index is 14.4. The minimum absolute atomic E-state index is 0.0518. The molecular formula is C24H16F3N5OS. The van der Waals surface area contributed by atoms with Gasteiger partial charge in [-0.1, -0.05) is 6.08 Å². The number of benzene rings is 1. The van der Waals surface area contributed by atoms with Gasteiger partial charge in [0.2, 0.25) is 5.95 Å². The van der Waals surface area contributed by atoms with Gasteiger partial charge in [-0.2, -0.15) is 9.49 Å². The van der Waals surface area contributed by atoms with Crippen molar-refractivity contribution in [2.75, 3.05) is 6.61 Å². The molecule has 0 spiro atoms. The van der Waals surface area contributed by atoms with Crippen LogP contribution < -0.4 is 4.74 Å². The molecule has 2 unspecified atom stereocenters. The molecule has 0 fully saturated rings. The molecule has 10 heteroatoms. The Balaban J connectivity index is 1.36. The molecule has 34 heavy (non-hydrogen) atoms. The van der Waals surface area contributed by atoms with Crippen LogP contribution in [0.4, 0.5) is 13.2 Å². The van der Waals surface area contributed by atoms with Crippen molar-refractivity contribution >= 4 is 16.7 Å². The van der Waals surface area contributed by atoms with E-state index in [2.05, 4.69) is 21.1 Å². The van der Waals surface area contributed by atoms with Gasteiger partial charge in [-0.15, -0.1) is 11.8 Å². The molecule has 0 aliphatic carbocycles. The molecule has 0 N–H and O–H groups in total. The highest BCUT2D eigenvalue weighted by Crippen LogP contribution is 2.54. The number of rotatable bonds is 3. The van der Waals surface area contributed by atoms with E-state index in [0.29, 0.717) is 29.4 Å². The number of nitrogens with zero attached hydrogens (tertiary/aromatic N) is 5. The number of aromatic nitrogens is 5. The first-order valence-electron chi connectivity index (χ1n) is 10.6. The van der Waals surface area contributed by atoms with Crippen LogP contribution in [0.2, 0.25) is 0 Å². The number of fused-ring (bicyclic) bond motifs is 3. The number of pyridine rings is 2. The van der Waals surface area contributed by atoms with Crippen LogP contribution in [0.25, 0.3) is 21.8 Å². The Morgan fingerprint density at radius 1 is 1.03 bits per heavy atom. The molecule has 6 rings (SSSR count). The Bertz CT molecular complexity index is 1420. The summed E-state index contributed by atoms with van der Waals surface area (Å²) in [7, 11) is 0. The van der Waals surface area contributed by atoms with E-state index in [4.69, 9.17) is 9.72 Å². The quantitative estimate of drug-likeness (QED) is 0.368. The molecule has 0 amide bonds. The number of hydrogen-bond donors (Lipinski definition) is 0. The smallest absolute Gasteiger partial charge is 0.212 e. The van der Waals surface area contributed by atoms with Crippen molar-refractivity contribution in [3.63, 3.8) is 0 Å². The molecule has 6 nitrogen and oxygen atoms in total. The van der Waals surface area contributed by atoms with E-state index in [1.54, 1.807) is 17.8 Å². The molecule has 5 heterocycles. The molecule has 170 valence electrons. The first kappa shape index (κ1) is 20.9. The zero-order valence-electron chi connectivity index (χ0n) is 17.5. The summed E-state index contributed by atoms with van der Waals surface area (Å²) in [5.74, 6) is -0.649. The van der Waals surface area contributed by atoms with Crippen molar-refractivity contribution in [1.82, 2.24) is 24.7 Å². The van der Waals surface area contributed by atoms with Crippen molar-refractivity contribution < 1.29 is 17.9 Å². The third-order valence-corrected chi connectivity index (χ3v) is 7.20. The van der Waals surface area contributed by atoms with E-state index in [0.717, 1.165) is 23.1 Å². The van der Waals surface area contributed by atoms with Gasteiger partial charge in [0.1, 0.15) is 23.6 Å². The van der Waals surface area contributed by atoms with Gasteiger partial charge >= 0.3 is 0 Å². The standard InChI is InChI=1S/C24H16F3N5OS/c25-15-2-4-18(16(26)10-15)32-24(29-12-30-32)20-9-13-7-8-33-19-5-3-17(31-22(19)23(13)34-20)14-1-6-21(27)28-11-14/h1-6,9-13,23H,7-8H2. The number of thioether (sulfide) groups is 1. The Kier molecular flexibility index (Phi) is 5.09.